The number of nitrogens with one attached hydrogen (secondary N) is 1. The third kappa shape index (κ3) is 6.13. The number of sulfone groups is 1. The lowest BCUT2D eigenvalue weighted by molar-refractivity contribution is 0.115. The fourth-order valence-electron chi connectivity index (χ4n) is 2.15. The van der Waals surface area contributed by atoms with Gasteiger partial charge < -0.3 is 15.0 Å². The maximum absolute atomic E-state index is 11.3. The van der Waals surface area contributed by atoms with Crippen molar-refractivity contribution in [3.63, 3.8) is 0 Å². The van der Waals surface area contributed by atoms with Crippen molar-refractivity contribution in [2.24, 2.45) is 0 Å². The monoisotopic (exact) mass is 278 g/mol. The molecule has 0 aliphatic carbocycles. The standard InChI is InChI=1S/C12H26N2O3S/c1-3-14(8-9-17-4-2)7-6-13-12-5-10-18(15,16)11-12/h12-13H,3-11H2,1-2H3. The minimum atomic E-state index is -2.77. The van der Waals surface area contributed by atoms with Crippen LogP contribution < -0.4 is 5.32 Å². The van der Waals surface area contributed by atoms with Gasteiger partial charge in [0, 0.05) is 32.3 Å². The summed E-state index contributed by atoms with van der Waals surface area (Å²) in [5.74, 6) is 0.643. The molecule has 0 aromatic heterocycles. The van der Waals surface area contributed by atoms with E-state index in [1.54, 1.807) is 0 Å². The van der Waals surface area contributed by atoms with Crippen LogP contribution in [0.3, 0.4) is 0 Å². The van der Waals surface area contributed by atoms with Gasteiger partial charge in [0.1, 0.15) is 0 Å². The SMILES string of the molecule is CCOCCN(CC)CCNC1CCS(=O)(=O)C1. The summed E-state index contributed by atoms with van der Waals surface area (Å²) in [6.45, 7) is 9.38. The Hall–Kier alpha value is -0.170. The second-order valence-electron chi connectivity index (χ2n) is 4.69. The van der Waals surface area contributed by atoms with E-state index in [4.69, 9.17) is 4.74 Å². The van der Waals surface area contributed by atoms with E-state index in [2.05, 4.69) is 17.1 Å². The van der Waals surface area contributed by atoms with Gasteiger partial charge in [-0.2, -0.15) is 0 Å². The zero-order valence-electron chi connectivity index (χ0n) is 11.5. The number of hydrogen-bond acceptors (Lipinski definition) is 5. The molecule has 18 heavy (non-hydrogen) atoms. The molecule has 1 aliphatic rings. The van der Waals surface area contributed by atoms with Gasteiger partial charge in [-0.25, -0.2) is 8.42 Å². The molecule has 1 heterocycles. The molecule has 1 aliphatic heterocycles. The van der Waals surface area contributed by atoms with Gasteiger partial charge in [0.15, 0.2) is 9.84 Å². The molecule has 1 saturated heterocycles. The summed E-state index contributed by atoms with van der Waals surface area (Å²) in [7, 11) is -2.77. The summed E-state index contributed by atoms with van der Waals surface area (Å²) >= 11 is 0. The smallest absolute Gasteiger partial charge is 0.151 e. The molecule has 0 radical (unpaired) electrons. The molecule has 0 aromatic carbocycles. The fourth-order valence-corrected chi connectivity index (χ4v) is 3.86. The molecule has 0 bridgehead atoms. The first kappa shape index (κ1) is 15.9. The molecule has 6 heteroatoms. The number of ether oxygens (including phenoxy) is 1. The second-order valence-corrected chi connectivity index (χ2v) is 6.91. The normalized spacial score (nSPS) is 22.7. The van der Waals surface area contributed by atoms with Crippen molar-refractivity contribution in [1.82, 2.24) is 10.2 Å². The molecule has 0 aromatic rings. The van der Waals surface area contributed by atoms with Crippen LogP contribution in [0, 0.1) is 0 Å². The molecule has 1 rings (SSSR count). The van der Waals surface area contributed by atoms with Crippen molar-refractivity contribution in [3.8, 4) is 0 Å². The van der Waals surface area contributed by atoms with Gasteiger partial charge in [0.2, 0.25) is 0 Å². The summed E-state index contributed by atoms with van der Waals surface area (Å²) < 4.78 is 27.9. The Labute approximate surface area is 111 Å². The number of rotatable bonds is 9. The van der Waals surface area contributed by atoms with Crippen LogP contribution in [0.4, 0.5) is 0 Å². The quantitative estimate of drug-likeness (QED) is 0.607. The molecule has 1 atom stereocenters. The van der Waals surface area contributed by atoms with Crippen LogP contribution in [0.25, 0.3) is 0 Å². The van der Waals surface area contributed by atoms with Gasteiger partial charge in [-0.05, 0) is 19.9 Å². The Morgan fingerprint density at radius 3 is 2.67 bits per heavy atom. The minimum absolute atomic E-state index is 0.153. The topological polar surface area (TPSA) is 58.6 Å². The lowest BCUT2D eigenvalue weighted by atomic mass is 10.2. The van der Waals surface area contributed by atoms with E-state index in [0.717, 1.165) is 45.8 Å². The van der Waals surface area contributed by atoms with E-state index >= 15 is 0 Å². The van der Waals surface area contributed by atoms with E-state index in [-0.39, 0.29) is 6.04 Å². The van der Waals surface area contributed by atoms with E-state index in [1.165, 1.54) is 0 Å². The predicted molar refractivity (Wildman–Crippen MR) is 73.7 cm³/mol. The van der Waals surface area contributed by atoms with E-state index < -0.39 is 9.84 Å². The highest BCUT2D eigenvalue weighted by atomic mass is 32.2. The Bertz CT molecular complexity index is 319. The zero-order chi connectivity index (χ0) is 13.4. The maximum Gasteiger partial charge on any atom is 0.151 e. The van der Waals surface area contributed by atoms with E-state index in [0.29, 0.717) is 11.5 Å². The minimum Gasteiger partial charge on any atom is -0.380 e. The number of hydrogen-bond donors (Lipinski definition) is 1. The first-order valence-electron chi connectivity index (χ1n) is 6.81. The molecule has 1 unspecified atom stereocenters. The van der Waals surface area contributed by atoms with Gasteiger partial charge in [0.05, 0.1) is 18.1 Å². The van der Waals surface area contributed by atoms with Gasteiger partial charge >= 0.3 is 0 Å². The van der Waals surface area contributed by atoms with Gasteiger partial charge in [-0.3, -0.25) is 0 Å². The van der Waals surface area contributed by atoms with Crippen molar-refractivity contribution in [2.75, 3.05) is 50.9 Å². The van der Waals surface area contributed by atoms with Crippen LogP contribution in [0.2, 0.25) is 0 Å². The Kier molecular flexibility index (Phi) is 7.14. The highest BCUT2D eigenvalue weighted by Gasteiger charge is 2.27. The zero-order valence-corrected chi connectivity index (χ0v) is 12.3. The van der Waals surface area contributed by atoms with Crippen LogP contribution in [0.15, 0.2) is 0 Å². The molecule has 5 nitrogen and oxygen atoms in total. The van der Waals surface area contributed by atoms with Crippen molar-refractivity contribution in [1.29, 1.82) is 0 Å². The number of nitrogens with zero attached hydrogens (tertiary/aromatic N) is 1. The van der Waals surface area contributed by atoms with Gasteiger partial charge in [-0.1, -0.05) is 6.92 Å². The number of likely N-dealkylation sites (N-methyl/N-ethyl adjacent to an activating group) is 1. The largest absolute Gasteiger partial charge is 0.380 e. The van der Waals surface area contributed by atoms with E-state index in [1.807, 2.05) is 6.92 Å². The Morgan fingerprint density at radius 1 is 1.33 bits per heavy atom. The fraction of sp³-hybridized carbons (Fsp3) is 1.00. The van der Waals surface area contributed by atoms with Crippen molar-refractivity contribution in [3.05, 3.63) is 0 Å². The lowest BCUT2D eigenvalue weighted by Crippen LogP contribution is -2.38. The van der Waals surface area contributed by atoms with E-state index in [9.17, 15) is 8.42 Å². The van der Waals surface area contributed by atoms with Gasteiger partial charge in [-0.15, -0.1) is 0 Å². The first-order chi connectivity index (χ1) is 8.57. The summed E-state index contributed by atoms with van der Waals surface area (Å²) in [5.41, 5.74) is 0. The molecule has 0 saturated carbocycles. The van der Waals surface area contributed by atoms with Crippen molar-refractivity contribution >= 4 is 9.84 Å². The van der Waals surface area contributed by atoms with Crippen molar-refractivity contribution in [2.45, 2.75) is 26.3 Å². The average Bonchev–Trinajstić information content (AvgIpc) is 2.67. The van der Waals surface area contributed by atoms with Crippen LogP contribution in [0.5, 0.6) is 0 Å². The van der Waals surface area contributed by atoms with Crippen LogP contribution in [-0.2, 0) is 14.6 Å². The summed E-state index contributed by atoms with van der Waals surface area (Å²) in [6.07, 6.45) is 0.757. The molecule has 108 valence electrons. The molecule has 0 spiro atoms. The second kappa shape index (κ2) is 8.09. The van der Waals surface area contributed by atoms with Gasteiger partial charge in [0.25, 0.3) is 0 Å². The van der Waals surface area contributed by atoms with Crippen molar-refractivity contribution < 1.29 is 13.2 Å². The van der Waals surface area contributed by atoms with Crippen LogP contribution in [0.1, 0.15) is 20.3 Å². The third-order valence-electron chi connectivity index (χ3n) is 3.30. The Balaban J connectivity index is 2.12. The lowest BCUT2D eigenvalue weighted by Gasteiger charge is -2.21. The predicted octanol–water partition coefficient (Wildman–Crippen LogP) is 0.122. The summed E-state index contributed by atoms with van der Waals surface area (Å²) in [4.78, 5) is 2.31. The molecule has 1 fully saturated rings. The first-order valence-corrected chi connectivity index (χ1v) is 8.63. The van der Waals surface area contributed by atoms with Crippen LogP contribution in [-0.4, -0.2) is 70.3 Å². The Morgan fingerprint density at radius 2 is 2.11 bits per heavy atom. The molecule has 0 amide bonds. The summed E-state index contributed by atoms with van der Waals surface area (Å²) in [5, 5.41) is 3.33. The van der Waals surface area contributed by atoms with Crippen LogP contribution >= 0.6 is 0 Å². The highest BCUT2D eigenvalue weighted by molar-refractivity contribution is 7.91. The average molecular weight is 278 g/mol. The molecular weight excluding hydrogens is 252 g/mol. The summed E-state index contributed by atoms with van der Waals surface area (Å²) in [6, 6.07) is 0.153. The third-order valence-corrected chi connectivity index (χ3v) is 5.06. The molecule has 1 N–H and O–H groups in total. The highest BCUT2D eigenvalue weighted by Crippen LogP contribution is 2.10. The molecular formula is C12H26N2O3S. The maximum atomic E-state index is 11.3.